The van der Waals surface area contributed by atoms with Crippen molar-refractivity contribution in [2.24, 2.45) is 0 Å². The van der Waals surface area contributed by atoms with Crippen LogP contribution < -0.4 is 5.69 Å². The fourth-order valence-electron chi connectivity index (χ4n) is 1.83. The maximum Gasteiger partial charge on any atom is 0.346 e. The maximum atomic E-state index is 12.0. The van der Waals surface area contributed by atoms with E-state index in [1.54, 1.807) is 13.8 Å². The first-order chi connectivity index (χ1) is 10.1. The van der Waals surface area contributed by atoms with Crippen LogP contribution in [0.25, 0.3) is 0 Å². The Hall–Kier alpha value is -2.08. The van der Waals surface area contributed by atoms with Crippen LogP contribution in [-0.2, 0) is 10.5 Å². The first-order valence-corrected chi connectivity index (χ1v) is 7.55. The number of hydrogen-bond acceptors (Lipinski definition) is 5. The Morgan fingerprint density at radius 3 is 2.71 bits per heavy atom. The predicted molar refractivity (Wildman–Crippen MR) is 81.6 cm³/mol. The summed E-state index contributed by atoms with van der Waals surface area (Å²) in [6.45, 7) is 3.69. The van der Waals surface area contributed by atoms with Gasteiger partial charge in [-0.15, -0.1) is 11.8 Å². The lowest BCUT2D eigenvalue weighted by Gasteiger charge is -2.09. The molecule has 0 spiro atoms. The molecule has 0 unspecified atom stereocenters. The number of H-pyrrole nitrogens is 1. The molecule has 0 saturated heterocycles. The third kappa shape index (κ3) is 3.95. The molecule has 110 valence electrons. The molecule has 1 aromatic heterocycles. The third-order valence-corrected chi connectivity index (χ3v) is 3.83. The molecule has 2 aromatic rings. The van der Waals surface area contributed by atoms with Crippen molar-refractivity contribution in [3.63, 3.8) is 0 Å². The smallest absolute Gasteiger partial charge is 0.346 e. The molecule has 0 aliphatic heterocycles. The predicted octanol–water partition coefficient (Wildman–Crippen LogP) is 2.55. The summed E-state index contributed by atoms with van der Waals surface area (Å²) < 4.78 is 5.03. The van der Waals surface area contributed by atoms with E-state index < -0.39 is 11.7 Å². The number of aryl methyl sites for hydroxylation is 1. The number of thioether (sulfide) groups is 1. The number of nitrogens with one attached hydrogen (secondary N) is 1. The lowest BCUT2D eigenvalue weighted by atomic mass is 10.2. The summed E-state index contributed by atoms with van der Waals surface area (Å²) >= 11 is 1.35. The second-order valence-electron chi connectivity index (χ2n) is 4.34. The van der Waals surface area contributed by atoms with E-state index in [1.807, 2.05) is 30.3 Å². The van der Waals surface area contributed by atoms with Gasteiger partial charge in [-0.05, 0) is 19.4 Å². The maximum absolute atomic E-state index is 12.0. The number of carbonyl (C=O) groups is 1. The molecular formula is C15H16N2O3S. The van der Waals surface area contributed by atoms with Crippen molar-refractivity contribution in [3.8, 4) is 0 Å². The summed E-state index contributed by atoms with van der Waals surface area (Å²) in [5.41, 5.74) is 1.44. The molecule has 0 atom stereocenters. The molecule has 0 saturated carbocycles. The van der Waals surface area contributed by atoms with E-state index >= 15 is 0 Å². The van der Waals surface area contributed by atoms with Gasteiger partial charge < -0.3 is 9.72 Å². The summed E-state index contributed by atoms with van der Waals surface area (Å²) in [5.74, 6) is 0.165. The molecule has 6 heteroatoms. The molecule has 0 amide bonds. The van der Waals surface area contributed by atoms with Gasteiger partial charge in [-0.3, -0.25) is 0 Å². The Balaban J connectivity index is 2.29. The fourth-order valence-corrected chi connectivity index (χ4v) is 2.86. The zero-order chi connectivity index (χ0) is 15.2. The fraction of sp³-hybridized carbons (Fsp3) is 0.267. The Labute approximate surface area is 126 Å². The normalized spacial score (nSPS) is 10.4. The van der Waals surface area contributed by atoms with Crippen molar-refractivity contribution in [1.29, 1.82) is 0 Å². The van der Waals surface area contributed by atoms with Crippen LogP contribution in [0.3, 0.4) is 0 Å². The van der Waals surface area contributed by atoms with Crippen LogP contribution in [0.5, 0.6) is 0 Å². The van der Waals surface area contributed by atoms with Gasteiger partial charge in [0.25, 0.3) is 0 Å². The lowest BCUT2D eigenvalue weighted by molar-refractivity contribution is 0.0519. The topological polar surface area (TPSA) is 72.0 Å². The SMILES string of the molecule is CCOC(=O)c1c(SCc2ccccc2)nc(=O)[nH]c1C. The minimum Gasteiger partial charge on any atom is -0.462 e. The second kappa shape index (κ2) is 7.08. The van der Waals surface area contributed by atoms with E-state index in [0.717, 1.165) is 5.56 Å². The van der Waals surface area contributed by atoms with E-state index in [4.69, 9.17) is 4.74 Å². The Morgan fingerprint density at radius 1 is 1.33 bits per heavy atom. The monoisotopic (exact) mass is 304 g/mol. The van der Waals surface area contributed by atoms with Crippen molar-refractivity contribution < 1.29 is 9.53 Å². The molecule has 0 aliphatic rings. The minimum atomic E-state index is -0.464. The van der Waals surface area contributed by atoms with Gasteiger partial charge in [0, 0.05) is 11.4 Å². The van der Waals surface area contributed by atoms with Crippen LogP contribution >= 0.6 is 11.8 Å². The van der Waals surface area contributed by atoms with Crippen molar-refractivity contribution >= 4 is 17.7 Å². The van der Waals surface area contributed by atoms with Gasteiger partial charge in [-0.25, -0.2) is 9.59 Å². The number of nitrogens with zero attached hydrogens (tertiary/aromatic N) is 1. The second-order valence-corrected chi connectivity index (χ2v) is 5.31. The standard InChI is InChI=1S/C15H16N2O3S/c1-3-20-14(18)12-10(2)16-15(19)17-13(12)21-9-11-7-5-4-6-8-11/h4-8H,3,9H2,1-2H3,(H,16,17,19). The molecule has 0 radical (unpaired) electrons. The van der Waals surface area contributed by atoms with Gasteiger partial charge in [0.2, 0.25) is 0 Å². The van der Waals surface area contributed by atoms with Crippen molar-refractivity contribution in [2.75, 3.05) is 6.61 Å². The molecule has 0 aliphatic carbocycles. The molecule has 0 fully saturated rings. The third-order valence-electron chi connectivity index (χ3n) is 2.78. The number of rotatable bonds is 5. The molecule has 21 heavy (non-hydrogen) atoms. The average Bonchev–Trinajstić information content (AvgIpc) is 2.45. The Bertz CT molecular complexity index is 683. The average molecular weight is 304 g/mol. The van der Waals surface area contributed by atoms with E-state index in [2.05, 4.69) is 9.97 Å². The van der Waals surface area contributed by atoms with Crippen molar-refractivity contribution in [1.82, 2.24) is 9.97 Å². The highest BCUT2D eigenvalue weighted by atomic mass is 32.2. The number of hydrogen-bond donors (Lipinski definition) is 1. The van der Waals surface area contributed by atoms with Crippen LogP contribution in [0.15, 0.2) is 40.2 Å². The first kappa shape index (κ1) is 15.3. The van der Waals surface area contributed by atoms with Crippen LogP contribution in [0.4, 0.5) is 0 Å². The summed E-state index contributed by atoms with van der Waals surface area (Å²) in [5, 5.41) is 0.401. The van der Waals surface area contributed by atoms with E-state index in [9.17, 15) is 9.59 Å². The van der Waals surface area contributed by atoms with Gasteiger partial charge >= 0.3 is 11.7 Å². The number of aromatic amines is 1. The zero-order valence-electron chi connectivity index (χ0n) is 11.9. The molecular weight excluding hydrogens is 288 g/mol. The number of carbonyl (C=O) groups excluding carboxylic acids is 1. The molecule has 1 N–H and O–H groups in total. The summed E-state index contributed by atoms with van der Waals surface area (Å²) in [7, 11) is 0. The van der Waals surface area contributed by atoms with E-state index in [-0.39, 0.29) is 6.61 Å². The first-order valence-electron chi connectivity index (χ1n) is 6.56. The number of benzene rings is 1. The summed E-state index contributed by atoms with van der Waals surface area (Å²) in [6, 6.07) is 9.79. The molecule has 0 bridgehead atoms. The van der Waals surface area contributed by atoms with Crippen LogP contribution in [0.2, 0.25) is 0 Å². The highest BCUT2D eigenvalue weighted by molar-refractivity contribution is 7.98. The van der Waals surface area contributed by atoms with Gasteiger partial charge in [0.15, 0.2) is 0 Å². The minimum absolute atomic E-state index is 0.278. The van der Waals surface area contributed by atoms with Crippen molar-refractivity contribution in [2.45, 2.75) is 24.6 Å². The molecule has 5 nitrogen and oxygen atoms in total. The van der Waals surface area contributed by atoms with Crippen molar-refractivity contribution in [3.05, 3.63) is 57.6 Å². The van der Waals surface area contributed by atoms with Crippen LogP contribution in [-0.4, -0.2) is 22.5 Å². The van der Waals surface area contributed by atoms with Gasteiger partial charge in [0.1, 0.15) is 10.6 Å². The highest BCUT2D eigenvalue weighted by Crippen LogP contribution is 2.25. The van der Waals surface area contributed by atoms with E-state index in [0.29, 0.717) is 22.0 Å². The quantitative estimate of drug-likeness (QED) is 0.522. The van der Waals surface area contributed by atoms with Crippen LogP contribution in [0, 0.1) is 6.92 Å². The van der Waals surface area contributed by atoms with Gasteiger partial charge in [0.05, 0.1) is 6.61 Å². The van der Waals surface area contributed by atoms with E-state index in [1.165, 1.54) is 11.8 Å². The summed E-state index contributed by atoms with van der Waals surface area (Å²) in [6.07, 6.45) is 0. The van der Waals surface area contributed by atoms with Gasteiger partial charge in [-0.2, -0.15) is 4.98 Å². The Kier molecular flexibility index (Phi) is 5.16. The highest BCUT2D eigenvalue weighted by Gasteiger charge is 2.19. The Morgan fingerprint density at radius 2 is 2.05 bits per heavy atom. The number of esters is 1. The molecule has 2 rings (SSSR count). The van der Waals surface area contributed by atoms with Crippen LogP contribution in [0.1, 0.15) is 28.5 Å². The summed E-state index contributed by atoms with van der Waals surface area (Å²) in [4.78, 5) is 30.0. The largest absolute Gasteiger partial charge is 0.462 e. The zero-order valence-corrected chi connectivity index (χ0v) is 12.7. The van der Waals surface area contributed by atoms with Gasteiger partial charge in [-0.1, -0.05) is 30.3 Å². The lowest BCUT2D eigenvalue weighted by Crippen LogP contribution is -2.19. The number of ether oxygens (including phenoxy) is 1. The number of aromatic nitrogens is 2. The molecule has 1 heterocycles. The molecule has 1 aromatic carbocycles.